The summed E-state index contributed by atoms with van der Waals surface area (Å²) < 4.78 is 5.97. The van der Waals surface area contributed by atoms with Crippen LogP contribution in [0.15, 0.2) is 71.1 Å². The van der Waals surface area contributed by atoms with Crippen molar-refractivity contribution < 1.29 is 4.42 Å². The maximum absolute atomic E-state index is 6.26. The Bertz CT molecular complexity index is 1180. The Morgan fingerprint density at radius 2 is 1.45 bits per heavy atom. The van der Waals surface area contributed by atoms with Crippen LogP contribution in [0, 0.1) is 0 Å². The van der Waals surface area contributed by atoms with Crippen molar-refractivity contribution in [2.45, 2.75) is 0 Å². The summed E-state index contributed by atoms with van der Waals surface area (Å²) in [6.45, 7) is 0. The molecule has 0 spiro atoms. The van der Waals surface area contributed by atoms with Crippen molar-refractivity contribution in [1.82, 2.24) is 0 Å². The molecule has 0 N–H and O–H groups in total. The Labute approximate surface area is 131 Å². The van der Waals surface area contributed by atoms with Crippen LogP contribution >= 0.6 is 11.6 Å². The third-order valence-electron chi connectivity index (χ3n) is 4.31. The molecule has 0 unspecified atom stereocenters. The van der Waals surface area contributed by atoms with E-state index < -0.39 is 0 Å². The monoisotopic (exact) mass is 302 g/mol. The normalized spacial score (nSPS) is 11.9. The van der Waals surface area contributed by atoms with Gasteiger partial charge in [-0.1, -0.05) is 60.1 Å². The first kappa shape index (κ1) is 12.1. The van der Waals surface area contributed by atoms with Gasteiger partial charge in [-0.3, -0.25) is 0 Å². The smallest absolute Gasteiger partial charge is 0.153 e. The molecule has 104 valence electrons. The number of fused-ring (bicyclic) bond motifs is 6. The van der Waals surface area contributed by atoms with E-state index in [1.807, 2.05) is 12.1 Å². The van der Waals surface area contributed by atoms with Gasteiger partial charge in [0.05, 0.1) is 5.02 Å². The van der Waals surface area contributed by atoms with Crippen LogP contribution in [0.3, 0.4) is 0 Å². The van der Waals surface area contributed by atoms with Gasteiger partial charge >= 0.3 is 0 Å². The summed E-state index contributed by atoms with van der Waals surface area (Å²) in [5, 5.41) is 7.77. The topological polar surface area (TPSA) is 13.1 Å². The van der Waals surface area contributed by atoms with Crippen molar-refractivity contribution in [3.05, 3.63) is 71.8 Å². The molecule has 0 saturated carbocycles. The largest absolute Gasteiger partial charge is 0.454 e. The van der Waals surface area contributed by atoms with Gasteiger partial charge in [0.15, 0.2) is 5.58 Å². The second-order valence-electron chi connectivity index (χ2n) is 5.57. The van der Waals surface area contributed by atoms with E-state index in [1.54, 1.807) is 0 Å². The number of furan rings is 1. The standard InChI is InChI=1S/C20H11ClO/c21-18-7-3-6-15-17-11-16-13(10-19(17)22-20(15)18)9-8-12-4-1-2-5-14(12)16/h1-11H. The van der Waals surface area contributed by atoms with Crippen LogP contribution in [-0.4, -0.2) is 0 Å². The molecule has 1 heterocycles. The molecule has 5 aromatic rings. The quantitative estimate of drug-likeness (QED) is 0.296. The molecule has 1 nitrogen and oxygen atoms in total. The first-order chi connectivity index (χ1) is 10.8. The van der Waals surface area contributed by atoms with Gasteiger partial charge in [0, 0.05) is 10.8 Å². The molecule has 0 aliphatic carbocycles. The van der Waals surface area contributed by atoms with Crippen LogP contribution in [0.25, 0.3) is 43.5 Å². The number of rotatable bonds is 0. The number of hydrogen-bond acceptors (Lipinski definition) is 1. The minimum atomic E-state index is 0.655. The Morgan fingerprint density at radius 1 is 0.636 bits per heavy atom. The van der Waals surface area contributed by atoms with E-state index >= 15 is 0 Å². The van der Waals surface area contributed by atoms with Gasteiger partial charge < -0.3 is 4.42 Å². The van der Waals surface area contributed by atoms with E-state index in [4.69, 9.17) is 16.0 Å². The average Bonchev–Trinajstić information content (AvgIpc) is 2.92. The van der Waals surface area contributed by atoms with Crippen LogP contribution in [0.2, 0.25) is 5.02 Å². The predicted octanol–water partition coefficient (Wildman–Crippen LogP) is 6.55. The molecule has 0 fully saturated rings. The van der Waals surface area contributed by atoms with Gasteiger partial charge in [-0.2, -0.15) is 0 Å². The fourth-order valence-electron chi connectivity index (χ4n) is 3.26. The van der Waals surface area contributed by atoms with Crippen molar-refractivity contribution in [3.63, 3.8) is 0 Å². The fraction of sp³-hybridized carbons (Fsp3) is 0. The summed E-state index contributed by atoms with van der Waals surface area (Å²) in [5.74, 6) is 0. The van der Waals surface area contributed by atoms with Crippen LogP contribution in [0.4, 0.5) is 0 Å². The lowest BCUT2D eigenvalue weighted by molar-refractivity contribution is 0.669. The zero-order chi connectivity index (χ0) is 14.7. The lowest BCUT2D eigenvalue weighted by Crippen LogP contribution is -1.77. The summed E-state index contributed by atoms with van der Waals surface area (Å²) in [6, 6.07) is 23.0. The van der Waals surface area contributed by atoms with Crippen LogP contribution in [0.5, 0.6) is 0 Å². The summed E-state index contributed by atoms with van der Waals surface area (Å²) in [5.41, 5.74) is 1.64. The molecule has 0 radical (unpaired) electrons. The highest BCUT2D eigenvalue weighted by Gasteiger charge is 2.11. The molecule has 0 saturated heterocycles. The summed E-state index contributed by atoms with van der Waals surface area (Å²) >= 11 is 6.26. The van der Waals surface area contributed by atoms with Crippen molar-refractivity contribution in [1.29, 1.82) is 0 Å². The zero-order valence-corrected chi connectivity index (χ0v) is 12.4. The fourth-order valence-corrected chi connectivity index (χ4v) is 3.48. The molecular weight excluding hydrogens is 292 g/mol. The zero-order valence-electron chi connectivity index (χ0n) is 11.6. The van der Waals surface area contributed by atoms with Gasteiger partial charge in [0.25, 0.3) is 0 Å². The van der Waals surface area contributed by atoms with Crippen molar-refractivity contribution >= 4 is 55.1 Å². The maximum Gasteiger partial charge on any atom is 0.153 e. The van der Waals surface area contributed by atoms with Crippen LogP contribution in [0.1, 0.15) is 0 Å². The highest BCUT2D eigenvalue weighted by atomic mass is 35.5. The van der Waals surface area contributed by atoms with E-state index in [-0.39, 0.29) is 0 Å². The van der Waals surface area contributed by atoms with Crippen molar-refractivity contribution in [2.24, 2.45) is 0 Å². The van der Waals surface area contributed by atoms with Crippen molar-refractivity contribution in [3.8, 4) is 0 Å². The molecule has 0 amide bonds. The molecule has 5 rings (SSSR count). The summed E-state index contributed by atoms with van der Waals surface area (Å²) in [7, 11) is 0. The molecule has 0 atom stereocenters. The molecule has 1 aromatic heterocycles. The Balaban J connectivity index is 2.04. The minimum Gasteiger partial charge on any atom is -0.454 e. The molecule has 0 aliphatic heterocycles. The van der Waals surface area contributed by atoms with Gasteiger partial charge in [0.2, 0.25) is 0 Å². The van der Waals surface area contributed by atoms with E-state index in [1.165, 1.54) is 21.5 Å². The van der Waals surface area contributed by atoms with E-state index in [0.29, 0.717) is 5.02 Å². The maximum atomic E-state index is 6.26. The molecule has 22 heavy (non-hydrogen) atoms. The third-order valence-corrected chi connectivity index (χ3v) is 4.61. The Kier molecular flexibility index (Phi) is 2.33. The molecule has 0 aliphatic rings. The molecular formula is C20H11ClO. The predicted molar refractivity (Wildman–Crippen MR) is 93.7 cm³/mol. The first-order valence-corrected chi connectivity index (χ1v) is 7.61. The first-order valence-electron chi connectivity index (χ1n) is 7.23. The highest BCUT2D eigenvalue weighted by molar-refractivity contribution is 6.36. The average molecular weight is 303 g/mol. The van der Waals surface area contributed by atoms with Gasteiger partial charge in [-0.05, 0) is 39.7 Å². The summed E-state index contributed by atoms with van der Waals surface area (Å²) in [4.78, 5) is 0. The molecule has 4 aromatic carbocycles. The second-order valence-corrected chi connectivity index (χ2v) is 5.98. The second kappa shape index (κ2) is 4.25. The SMILES string of the molecule is Clc1cccc2c1oc1cc3ccc4ccccc4c3cc12. The van der Waals surface area contributed by atoms with E-state index in [0.717, 1.165) is 21.9 Å². The number of para-hydroxylation sites is 1. The Morgan fingerprint density at radius 3 is 2.41 bits per heavy atom. The van der Waals surface area contributed by atoms with Crippen LogP contribution < -0.4 is 0 Å². The van der Waals surface area contributed by atoms with Crippen LogP contribution in [-0.2, 0) is 0 Å². The van der Waals surface area contributed by atoms with Crippen molar-refractivity contribution in [2.75, 3.05) is 0 Å². The molecule has 2 heteroatoms. The van der Waals surface area contributed by atoms with Gasteiger partial charge in [0.1, 0.15) is 5.58 Å². The number of hydrogen-bond donors (Lipinski definition) is 0. The van der Waals surface area contributed by atoms with E-state index in [2.05, 4.69) is 54.6 Å². The summed E-state index contributed by atoms with van der Waals surface area (Å²) in [6.07, 6.45) is 0. The lowest BCUT2D eigenvalue weighted by atomic mass is 10.00. The van der Waals surface area contributed by atoms with Gasteiger partial charge in [-0.15, -0.1) is 0 Å². The van der Waals surface area contributed by atoms with Gasteiger partial charge in [-0.25, -0.2) is 0 Å². The lowest BCUT2D eigenvalue weighted by Gasteiger charge is -2.03. The third kappa shape index (κ3) is 1.54. The number of benzene rings is 4. The Hall–Kier alpha value is -2.51. The molecule has 0 bridgehead atoms. The number of halogens is 1. The van der Waals surface area contributed by atoms with E-state index in [9.17, 15) is 0 Å². The highest BCUT2D eigenvalue weighted by Crippen LogP contribution is 2.37. The minimum absolute atomic E-state index is 0.655.